The Labute approximate surface area is 190 Å². The molecule has 156 valence electrons. The van der Waals surface area contributed by atoms with E-state index in [1.54, 1.807) is 24.3 Å². The molecule has 0 bridgehead atoms. The van der Waals surface area contributed by atoms with Gasteiger partial charge in [-0.05, 0) is 36.8 Å². The van der Waals surface area contributed by atoms with Crippen LogP contribution in [0.4, 0.5) is 11.5 Å². The maximum Gasteiger partial charge on any atom is 0.338 e. The largest absolute Gasteiger partial charge is 0.462 e. The number of nitrogens with one attached hydrogen (secondary N) is 1. The van der Waals surface area contributed by atoms with Gasteiger partial charge in [0.1, 0.15) is 5.69 Å². The number of fused-ring (bicyclic) bond motifs is 1. The third kappa shape index (κ3) is 4.63. The Hall–Kier alpha value is -3.15. The highest BCUT2D eigenvalue weighted by atomic mass is 35.5. The highest BCUT2D eigenvalue weighted by Crippen LogP contribution is 2.32. The number of ether oxygens (including phenoxy) is 1. The zero-order valence-electron chi connectivity index (χ0n) is 16.7. The van der Waals surface area contributed by atoms with E-state index in [-0.39, 0.29) is 5.97 Å². The van der Waals surface area contributed by atoms with Crippen LogP contribution < -0.4 is 5.32 Å². The minimum absolute atomic E-state index is 0.328. The van der Waals surface area contributed by atoms with Gasteiger partial charge in [-0.15, -0.1) is 10.2 Å². The number of anilines is 2. The van der Waals surface area contributed by atoms with Gasteiger partial charge in [0.05, 0.1) is 22.2 Å². The van der Waals surface area contributed by atoms with Crippen molar-refractivity contribution in [3.63, 3.8) is 0 Å². The van der Waals surface area contributed by atoms with E-state index in [9.17, 15) is 4.79 Å². The number of aromatic nitrogens is 2. The number of rotatable bonds is 6. The minimum atomic E-state index is -0.328. The maximum absolute atomic E-state index is 12.1. The first-order chi connectivity index (χ1) is 15.1. The molecule has 1 heterocycles. The van der Waals surface area contributed by atoms with Crippen LogP contribution in [0.1, 0.15) is 23.7 Å². The lowest BCUT2D eigenvalue weighted by Crippen LogP contribution is -2.05. The van der Waals surface area contributed by atoms with Crippen molar-refractivity contribution in [2.24, 2.45) is 0 Å². The van der Waals surface area contributed by atoms with E-state index in [0.29, 0.717) is 28.0 Å². The van der Waals surface area contributed by atoms with E-state index in [4.69, 9.17) is 27.9 Å². The fourth-order valence-corrected chi connectivity index (χ4v) is 3.46. The summed E-state index contributed by atoms with van der Waals surface area (Å²) in [6, 6.07) is 20.3. The fourth-order valence-electron chi connectivity index (χ4n) is 3.16. The second-order valence-corrected chi connectivity index (χ2v) is 7.72. The van der Waals surface area contributed by atoms with E-state index in [0.717, 1.165) is 34.1 Å². The molecule has 7 heteroatoms. The number of carbonyl (C=O) groups excluding carboxylic acids is 1. The molecule has 0 atom stereocenters. The molecule has 0 aliphatic carbocycles. The van der Waals surface area contributed by atoms with Crippen molar-refractivity contribution in [3.05, 3.63) is 82.3 Å². The van der Waals surface area contributed by atoms with Gasteiger partial charge in [-0.1, -0.05) is 66.5 Å². The van der Waals surface area contributed by atoms with Crippen LogP contribution in [0.2, 0.25) is 10.0 Å². The molecule has 4 aromatic rings. The summed E-state index contributed by atoms with van der Waals surface area (Å²) in [5.74, 6) is 0.281. The van der Waals surface area contributed by atoms with Gasteiger partial charge < -0.3 is 10.1 Å². The fraction of sp³-hybridized carbons (Fsp3) is 0.125. The molecular weight excluding hydrogens is 433 g/mol. The summed E-state index contributed by atoms with van der Waals surface area (Å²) in [5, 5.41) is 14.9. The van der Waals surface area contributed by atoms with Gasteiger partial charge in [-0.2, -0.15) is 0 Å². The number of esters is 1. The highest BCUT2D eigenvalue weighted by molar-refractivity contribution is 6.42. The van der Waals surface area contributed by atoms with E-state index in [1.807, 2.05) is 49.4 Å². The molecular formula is C24H19Cl2N3O2. The average Bonchev–Trinajstić information content (AvgIpc) is 2.80. The summed E-state index contributed by atoms with van der Waals surface area (Å²) in [5.41, 5.74) is 2.85. The van der Waals surface area contributed by atoms with Crippen LogP contribution in [0.15, 0.2) is 66.7 Å². The van der Waals surface area contributed by atoms with Crippen LogP contribution in [-0.2, 0) is 4.74 Å². The molecule has 0 aliphatic heterocycles. The van der Waals surface area contributed by atoms with Crippen molar-refractivity contribution < 1.29 is 9.53 Å². The van der Waals surface area contributed by atoms with Gasteiger partial charge in [0.15, 0.2) is 5.82 Å². The van der Waals surface area contributed by atoms with Gasteiger partial charge in [0, 0.05) is 22.0 Å². The lowest BCUT2D eigenvalue weighted by Gasteiger charge is -2.12. The normalized spacial score (nSPS) is 10.8. The first-order valence-electron chi connectivity index (χ1n) is 9.82. The Balaban J connectivity index is 1.68. The van der Waals surface area contributed by atoms with Crippen molar-refractivity contribution in [1.29, 1.82) is 0 Å². The standard InChI is InChI=1S/C24H19Cl2N3O2/c1-2-13-31-24(30)16-9-7-15(8-10-16)22-18-5-3-4-6-19(18)23(29-28-22)27-17-11-12-20(25)21(26)14-17/h3-12,14H,2,13H2,1H3,(H,27,29). The van der Waals surface area contributed by atoms with E-state index in [2.05, 4.69) is 15.5 Å². The first-order valence-corrected chi connectivity index (χ1v) is 10.6. The van der Waals surface area contributed by atoms with Gasteiger partial charge in [0.2, 0.25) is 0 Å². The molecule has 0 amide bonds. The molecule has 0 fully saturated rings. The zero-order valence-corrected chi connectivity index (χ0v) is 18.2. The monoisotopic (exact) mass is 451 g/mol. The molecule has 0 saturated heterocycles. The third-order valence-corrected chi connectivity index (χ3v) is 5.44. The molecule has 4 rings (SSSR count). The third-order valence-electron chi connectivity index (χ3n) is 4.70. The summed E-state index contributed by atoms with van der Waals surface area (Å²) in [6.45, 7) is 2.37. The van der Waals surface area contributed by atoms with Crippen LogP contribution in [0, 0.1) is 0 Å². The van der Waals surface area contributed by atoms with Crippen molar-refractivity contribution in [3.8, 4) is 11.3 Å². The summed E-state index contributed by atoms with van der Waals surface area (Å²) >= 11 is 12.1. The Morgan fingerprint density at radius 1 is 0.935 bits per heavy atom. The number of halogens is 2. The Morgan fingerprint density at radius 2 is 1.68 bits per heavy atom. The molecule has 31 heavy (non-hydrogen) atoms. The van der Waals surface area contributed by atoms with Crippen LogP contribution in [0.25, 0.3) is 22.0 Å². The summed E-state index contributed by atoms with van der Waals surface area (Å²) in [7, 11) is 0. The van der Waals surface area contributed by atoms with Crippen molar-refractivity contribution >= 4 is 51.4 Å². The van der Waals surface area contributed by atoms with Crippen LogP contribution in [0.5, 0.6) is 0 Å². The molecule has 0 aliphatic rings. The van der Waals surface area contributed by atoms with E-state index in [1.165, 1.54) is 0 Å². The number of benzene rings is 3. The average molecular weight is 452 g/mol. The van der Waals surface area contributed by atoms with Gasteiger partial charge >= 0.3 is 5.97 Å². The smallest absolute Gasteiger partial charge is 0.338 e. The summed E-state index contributed by atoms with van der Waals surface area (Å²) in [4.78, 5) is 12.1. The lowest BCUT2D eigenvalue weighted by molar-refractivity contribution is 0.0505. The number of carbonyl (C=O) groups is 1. The highest BCUT2D eigenvalue weighted by Gasteiger charge is 2.13. The van der Waals surface area contributed by atoms with E-state index < -0.39 is 0 Å². The first kappa shape index (κ1) is 21.1. The molecule has 1 N–H and O–H groups in total. The second-order valence-electron chi connectivity index (χ2n) is 6.91. The molecule has 0 saturated carbocycles. The molecule has 0 spiro atoms. The van der Waals surface area contributed by atoms with Crippen molar-refractivity contribution in [2.75, 3.05) is 11.9 Å². The number of hydrogen-bond acceptors (Lipinski definition) is 5. The van der Waals surface area contributed by atoms with Crippen molar-refractivity contribution in [1.82, 2.24) is 10.2 Å². The summed E-state index contributed by atoms with van der Waals surface area (Å²) in [6.07, 6.45) is 0.786. The molecule has 1 aromatic heterocycles. The maximum atomic E-state index is 12.1. The van der Waals surface area contributed by atoms with Gasteiger partial charge in [-0.25, -0.2) is 4.79 Å². The Kier molecular flexibility index (Phi) is 6.35. The Bertz CT molecular complexity index is 1240. The molecule has 0 radical (unpaired) electrons. The minimum Gasteiger partial charge on any atom is -0.462 e. The van der Waals surface area contributed by atoms with Gasteiger partial charge in [0.25, 0.3) is 0 Å². The molecule has 5 nitrogen and oxygen atoms in total. The van der Waals surface area contributed by atoms with Gasteiger partial charge in [-0.3, -0.25) is 0 Å². The SMILES string of the molecule is CCCOC(=O)c1ccc(-c2nnc(Nc3ccc(Cl)c(Cl)c3)c3ccccc23)cc1. The predicted molar refractivity (Wildman–Crippen MR) is 125 cm³/mol. The quantitative estimate of drug-likeness (QED) is 0.322. The lowest BCUT2D eigenvalue weighted by atomic mass is 10.0. The number of nitrogens with zero attached hydrogens (tertiary/aromatic N) is 2. The van der Waals surface area contributed by atoms with E-state index >= 15 is 0 Å². The summed E-state index contributed by atoms with van der Waals surface area (Å²) < 4.78 is 5.19. The van der Waals surface area contributed by atoms with Crippen LogP contribution in [-0.4, -0.2) is 22.8 Å². The molecule has 3 aromatic carbocycles. The van der Waals surface area contributed by atoms with Crippen LogP contribution >= 0.6 is 23.2 Å². The topological polar surface area (TPSA) is 64.1 Å². The zero-order chi connectivity index (χ0) is 21.8. The van der Waals surface area contributed by atoms with Crippen LogP contribution in [0.3, 0.4) is 0 Å². The number of hydrogen-bond donors (Lipinski definition) is 1. The molecule has 0 unspecified atom stereocenters. The Morgan fingerprint density at radius 3 is 2.39 bits per heavy atom. The second kappa shape index (κ2) is 9.33. The van der Waals surface area contributed by atoms with Crippen molar-refractivity contribution in [2.45, 2.75) is 13.3 Å². The predicted octanol–water partition coefficient (Wildman–Crippen LogP) is 6.91.